The first-order chi connectivity index (χ1) is 14.2. The van der Waals surface area contributed by atoms with Crippen molar-refractivity contribution in [3.63, 3.8) is 0 Å². The van der Waals surface area contributed by atoms with E-state index >= 15 is 0 Å². The summed E-state index contributed by atoms with van der Waals surface area (Å²) < 4.78 is 1.58. The average Bonchev–Trinajstić information content (AvgIpc) is 3.19. The van der Waals surface area contributed by atoms with E-state index in [1.165, 1.54) is 11.3 Å². The van der Waals surface area contributed by atoms with Crippen LogP contribution < -0.4 is 5.56 Å². The molecule has 0 aliphatic rings. The highest BCUT2D eigenvalue weighted by molar-refractivity contribution is 7.15. The Kier molecular flexibility index (Phi) is 4.46. The van der Waals surface area contributed by atoms with Gasteiger partial charge in [0.25, 0.3) is 5.56 Å². The SMILES string of the molecule is O=c1c(Cl)c(/C=C/c2cccnc2)nc2scc(-c3ccc4ccccc4c3)n12. The van der Waals surface area contributed by atoms with E-state index in [1.54, 1.807) is 22.9 Å². The van der Waals surface area contributed by atoms with Gasteiger partial charge in [0.1, 0.15) is 5.02 Å². The summed E-state index contributed by atoms with van der Waals surface area (Å²) in [5, 5.41) is 4.32. The van der Waals surface area contributed by atoms with Crippen LogP contribution in [-0.2, 0) is 0 Å². The molecule has 0 saturated carbocycles. The third-order valence-electron chi connectivity index (χ3n) is 4.70. The Bertz CT molecular complexity index is 1440. The van der Waals surface area contributed by atoms with Crippen LogP contribution in [0.2, 0.25) is 5.02 Å². The maximum atomic E-state index is 13.0. The van der Waals surface area contributed by atoms with E-state index in [4.69, 9.17) is 11.6 Å². The first-order valence-electron chi connectivity index (χ1n) is 8.98. The fourth-order valence-corrected chi connectivity index (χ4v) is 4.34. The van der Waals surface area contributed by atoms with Crippen LogP contribution in [0.3, 0.4) is 0 Å². The Balaban J connectivity index is 1.63. The molecule has 5 rings (SSSR count). The molecular formula is C23H14ClN3OS. The Hall–Kier alpha value is -3.28. The van der Waals surface area contributed by atoms with Crippen LogP contribution in [-0.4, -0.2) is 14.4 Å². The third kappa shape index (κ3) is 3.24. The van der Waals surface area contributed by atoms with Gasteiger partial charge in [-0.1, -0.05) is 60.1 Å². The lowest BCUT2D eigenvalue weighted by atomic mass is 10.1. The molecule has 29 heavy (non-hydrogen) atoms. The minimum atomic E-state index is -0.271. The zero-order chi connectivity index (χ0) is 19.8. The van der Waals surface area contributed by atoms with Crippen molar-refractivity contribution in [2.75, 3.05) is 0 Å². The molecule has 0 fully saturated rings. The van der Waals surface area contributed by atoms with Crippen LogP contribution in [0.25, 0.3) is 39.1 Å². The molecule has 4 nitrogen and oxygen atoms in total. The molecule has 0 saturated heterocycles. The van der Waals surface area contributed by atoms with Gasteiger partial charge >= 0.3 is 0 Å². The Morgan fingerprint density at radius 3 is 2.69 bits per heavy atom. The molecule has 5 aromatic rings. The van der Waals surface area contributed by atoms with Gasteiger partial charge in [0.2, 0.25) is 0 Å². The molecular weight excluding hydrogens is 402 g/mol. The van der Waals surface area contributed by atoms with Gasteiger partial charge in [0, 0.05) is 23.3 Å². The summed E-state index contributed by atoms with van der Waals surface area (Å²) in [5.74, 6) is 0. The van der Waals surface area contributed by atoms with E-state index in [9.17, 15) is 4.79 Å². The number of rotatable bonds is 3. The molecule has 0 spiro atoms. The van der Waals surface area contributed by atoms with Crippen LogP contribution in [0.4, 0.5) is 0 Å². The van der Waals surface area contributed by atoms with Gasteiger partial charge in [-0.3, -0.25) is 9.78 Å². The molecule has 3 aromatic heterocycles. The number of halogens is 1. The molecule has 0 aliphatic heterocycles. The predicted octanol–water partition coefficient (Wildman–Crippen LogP) is 5.80. The van der Waals surface area contributed by atoms with Crippen molar-refractivity contribution in [2.24, 2.45) is 0 Å². The summed E-state index contributed by atoms with van der Waals surface area (Å²) in [6, 6.07) is 18.1. The van der Waals surface area contributed by atoms with Gasteiger partial charge in [0.05, 0.1) is 11.4 Å². The van der Waals surface area contributed by atoms with Gasteiger partial charge in [0.15, 0.2) is 4.96 Å². The average molecular weight is 416 g/mol. The van der Waals surface area contributed by atoms with Gasteiger partial charge in [-0.2, -0.15) is 0 Å². The number of pyridine rings is 1. The highest BCUT2D eigenvalue weighted by atomic mass is 35.5. The normalized spacial score (nSPS) is 11.6. The standard InChI is InChI=1S/C23H14ClN3OS/c24-21-19(10-7-15-4-3-11-25-13-15)26-23-27(22(21)28)20(14-29-23)18-9-8-16-5-1-2-6-17(16)12-18/h1-14H/b10-7+. The molecule has 140 valence electrons. The van der Waals surface area contributed by atoms with E-state index in [0.29, 0.717) is 10.7 Å². The Morgan fingerprint density at radius 1 is 1.00 bits per heavy atom. The second kappa shape index (κ2) is 7.28. The van der Waals surface area contributed by atoms with Crippen molar-refractivity contribution < 1.29 is 0 Å². The van der Waals surface area contributed by atoms with E-state index in [-0.39, 0.29) is 10.6 Å². The van der Waals surface area contributed by atoms with Crippen LogP contribution in [0, 0.1) is 0 Å². The van der Waals surface area contributed by atoms with E-state index in [2.05, 4.69) is 34.2 Å². The summed E-state index contributed by atoms with van der Waals surface area (Å²) >= 11 is 7.81. The molecule has 0 atom stereocenters. The Morgan fingerprint density at radius 2 is 1.86 bits per heavy atom. The molecule has 3 heterocycles. The second-order valence-corrected chi connectivity index (χ2v) is 7.75. The van der Waals surface area contributed by atoms with Gasteiger partial charge < -0.3 is 0 Å². The molecule has 0 aliphatic carbocycles. The smallest absolute Gasteiger partial charge is 0.267 e. The van der Waals surface area contributed by atoms with Crippen molar-refractivity contribution in [1.29, 1.82) is 0 Å². The molecule has 0 N–H and O–H groups in total. The van der Waals surface area contributed by atoms with Gasteiger partial charge in [-0.05, 0) is 34.5 Å². The molecule has 0 unspecified atom stereocenters. The first kappa shape index (κ1) is 17.8. The van der Waals surface area contributed by atoms with Crippen molar-refractivity contribution in [3.8, 4) is 11.3 Å². The molecule has 6 heteroatoms. The van der Waals surface area contributed by atoms with Gasteiger partial charge in [-0.15, -0.1) is 11.3 Å². The number of fused-ring (bicyclic) bond motifs is 2. The largest absolute Gasteiger partial charge is 0.278 e. The molecule has 2 aromatic carbocycles. The first-order valence-corrected chi connectivity index (χ1v) is 10.2. The van der Waals surface area contributed by atoms with Crippen molar-refractivity contribution >= 4 is 50.8 Å². The maximum Gasteiger partial charge on any atom is 0.278 e. The fraction of sp³-hybridized carbons (Fsp3) is 0. The van der Waals surface area contributed by atoms with Gasteiger partial charge in [-0.25, -0.2) is 9.38 Å². The fourth-order valence-electron chi connectivity index (χ4n) is 3.26. The Labute approximate surface area is 175 Å². The number of aromatic nitrogens is 3. The highest BCUT2D eigenvalue weighted by Gasteiger charge is 2.15. The molecule has 0 bridgehead atoms. The summed E-state index contributed by atoms with van der Waals surface area (Å²) in [4.78, 5) is 22.3. The minimum absolute atomic E-state index is 0.100. The van der Waals surface area contributed by atoms with E-state index in [1.807, 2.05) is 41.8 Å². The lowest BCUT2D eigenvalue weighted by Crippen LogP contribution is -2.16. The predicted molar refractivity (Wildman–Crippen MR) is 120 cm³/mol. The van der Waals surface area contributed by atoms with Crippen LogP contribution in [0.15, 0.2) is 77.2 Å². The topological polar surface area (TPSA) is 47.3 Å². The summed E-state index contributed by atoms with van der Waals surface area (Å²) in [7, 11) is 0. The minimum Gasteiger partial charge on any atom is -0.267 e. The van der Waals surface area contributed by atoms with E-state index < -0.39 is 0 Å². The zero-order valence-corrected chi connectivity index (χ0v) is 16.7. The summed E-state index contributed by atoms with van der Waals surface area (Å²) in [6.45, 7) is 0. The number of hydrogen-bond acceptors (Lipinski definition) is 4. The van der Waals surface area contributed by atoms with E-state index in [0.717, 1.165) is 27.6 Å². The number of hydrogen-bond donors (Lipinski definition) is 0. The number of benzene rings is 2. The van der Waals surface area contributed by atoms with Crippen molar-refractivity contribution in [3.05, 3.63) is 99.0 Å². The molecule has 0 amide bonds. The highest BCUT2D eigenvalue weighted by Crippen LogP contribution is 2.28. The maximum absolute atomic E-state index is 13.0. The van der Waals surface area contributed by atoms with Crippen molar-refractivity contribution in [1.82, 2.24) is 14.4 Å². The second-order valence-electron chi connectivity index (χ2n) is 6.54. The van der Waals surface area contributed by atoms with Crippen molar-refractivity contribution in [2.45, 2.75) is 0 Å². The molecule has 0 radical (unpaired) electrons. The third-order valence-corrected chi connectivity index (χ3v) is 5.88. The lowest BCUT2D eigenvalue weighted by molar-refractivity contribution is 1.08. The summed E-state index contributed by atoms with van der Waals surface area (Å²) in [5.41, 5.74) is 2.83. The number of nitrogens with zero attached hydrogens (tertiary/aromatic N) is 3. The number of thiazole rings is 1. The van der Waals surface area contributed by atoms with Crippen LogP contribution >= 0.6 is 22.9 Å². The van der Waals surface area contributed by atoms with Crippen LogP contribution in [0.1, 0.15) is 11.3 Å². The zero-order valence-electron chi connectivity index (χ0n) is 15.1. The summed E-state index contributed by atoms with van der Waals surface area (Å²) in [6.07, 6.45) is 7.03. The monoisotopic (exact) mass is 415 g/mol. The quantitative estimate of drug-likeness (QED) is 0.374. The lowest BCUT2D eigenvalue weighted by Gasteiger charge is -2.05. The van der Waals surface area contributed by atoms with Crippen LogP contribution in [0.5, 0.6) is 0 Å².